The van der Waals surface area contributed by atoms with Crippen LogP contribution in [0.2, 0.25) is 0 Å². The fourth-order valence-corrected chi connectivity index (χ4v) is 4.46. The number of fused-ring (bicyclic) bond motifs is 1. The number of nitrogens with zero attached hydrogens (tertiary/aromatic N) is 4. The summed E-state index contributed by atoms with van der Waals surface area (Å²) in [4.78, 5) is 15.3. The van der Waals surface area contributed by atoms with E-state index in [1.54, 1.807) is 18.2 Å². The van der Waals surface area contributed by atoms with Crippen molar-refractivity contribution in [2.24, 2.45) is 7.05 Å². The molecule has 134 valence electrons. The molecule has 0 unspecified atom stereocenters. The summed E-state index contributed by atoms with van der Waals surface area (Å²) in [5.41, 5.74) is 4.85. The number of carbonyl (C=O) groups excluding carboxylic acids is 1. The molecule has 5 heteroatoms. The zero-order valence-corrected chi connectivity index (χ0v) is 15.2. The summed E-state index contributed by atoms with van der Waals surface area (Å²) in [6.07, 6.45) is 7.78. The second-order valence-electron chi connectivity index (χ2n) is 7.41. The fourth-order valence-electron chi connectivity index (χ4n) is 4.46. The van der Waals surface area contributed by atoms with Gasteiger partial charge in [0.05, 0.1) is 23.9 Å². The maximum atomic E-state index is 13.3. The molecule has 0 aliphatic heterocycles. The zero-order valence-electron chi connectivity index (χ0n) is 15.2. The summed E-state index contributed by atoms with van der Waals surface area (Å²) < 4.78 is 1.99. The smallest absolute Gasteiger partial charge is 0.254 e. The van der Waals surface area contributed by atoms with E-state index in [0.29, 0.717) is 17.7 Å². The lowest BCUT2D eigenvalue weighted by Gasteiger charge is -2.29. The molecule has 4 rings (SSSR count). The van der Waals surface area contributed by atoms with Crippen LogP contribution in [0.3, 0.4) is 0 Å². The molecule has 2 aliphatic rings. The van der Waals surface area contributed by atoms with Crippen LogP contribution in [0.15, 0.2) is 24.3 Å². The Labute approximate surface area is 154 Å². The highest BCUT2D eigenvalue weighted by Crippen LogP contribution is 2.30. The van der Waals surface area contributed by atoms with Crippen LogP contribution in [-0.4, -0.2) is 26.6 Å². The van der Waals surface area contributed by atoms with Crippen molar-refractivity contribution in [2.45, 2.75) is 57.5 Å². The molecule has 0 bridgehead atoms. The molecule has 1 aromatic carbocycles. The lowest BCUT2D eigenvalue weighted by Crippen LogP contribution is -2.38. The second-order valence-corrected chi connectivity index (χ2v) is 7.41. The Hall–Kier alpha value is -2.61. The molecule has 0 atom stereocenters. The quantitative estimate of drug-likeness (QED) is 0.851. The molecule has 2 aromatic rings. The molecule has 0 saturated heterocycles. The molecule has 1 aromatic heterocycles. The molecule has 5 nitrogen and oxygen atoms in total. The van der Waals surface area contributed by atoms with E-state index < -0.39 is 0 Å². The summed E-state index contributed by atoms with van der Waals surface area (Å²) >= 11 is 0. The number of hydrogen-bond acceptors (Lipinski definition) is 3. The standard InChI is InChI=1S/C21H24N4O/c1-24-20-11-5-10-18(20)19(23-24)14-25(17-8-2-3-9-17)21(26)16-7-4-6-15(12-16)13-22/h4,6-7,12,17H,2-3,5,8-11,14H2,1H3. The third-order valence-corrected chi connectivity index (χ3v) is 5.78. The molecule has 0 radical (unpaired) electrons. The Morgan fingerprint density at radius 3 is 2.88 bits per heavy atom. The third kappa shape index (κ3) is 3.01. The van der Waals surface area contributed by atoms with Gasteiger partial charge in [0, 0.05) is 24.3 Å². The van der Waals surface area contributed by atoms with Crippen molar-refractivity contribution in [3.63, 3.8) is 0 Å². The molecule has 1 heterocycles. The zero-order chi connectivity index (χ0) is 18.1. The van der Waals surface area contributed by atoms with Crippen molar-refractivity contribution < 1.29 is 4.79 Å². The van der Waals surface area contributed by atoms with E-state index in [9.17, 15) is 4.79 Å². The molecule has 1 fully saturated rings. The van der Waals surface area contributed by atoms with Gasteiger partial charge in [-0.15, -0.1) is 0 Å². The third-order valence-electron chi connectivity index (χ3n) is 5.78. The first-order chi connectivity index (χ1) is 12.7. The number of benzene rings is 1. The summed E-state index contributed by atoms with van der Waals surface area (Å²) in [6.45, 7) is 0.573. The maximum Gasteiger partial charge on any atom is 0.254 e. The van der Waals surface area contributed by atoms with Gasteiger partial charge in [0.25, 0.3) is 5.91 Å². The molecular formula is C21H24N4O. The Kier molecular flexibility index (Phi) is 4.50. The SMILES string of the molecule is Cn1nc(CN(C(=O)c2cccc(C#N)c2)C2CCCC2)c2c1CCC2. The number of nitriles is 1. The van der Waals surface area contributed by atoms with Gasteiger partial charge in [-0.1, -0.05) is 18.9 Å². The fraction of sp³-hybridized carbons (Fsp3) is 0.476. The van der Waals surface area contributed by atoms with E-state index in [4.69, 9.17) is 10.4 Å². The average Bonchev–Trinajstić information content (AvgIpc) is 3.40. The van der Waals surface area contributed by atoms with Gasteiger partial charge < -0.3 is 4.90 Å². The van der Waals surface area contributed by atoms with Gasteiger partial charge in [0.15, 0.2) is 0 Å². The van der Waals surface area contributed by atoms with Crippen molar-refractivity contribution in [3.05, 3.63) is 52.3 Å². The predicted octanol–water partition coefficient (Wildman–Crippen LogP) is 3.37. The summed E-state index contributed by atoms with van der Waals surface area (Å²) in [6, 6.07) is 9.44. The monoisotopic (exact) mass is 348 g/mol. The van der Waals surface area contributed by atoms with Crippen LogP contribution in [0.1, 0.15) is 65.0 Å². The van der Waals surface area contributed by atoms with Crippen molar-refractivity contribution >= 4 is 5.91 Å². The first kappa shape index (κ1) is 16.8. The van der Waals surface area contributed by atoms with E-state index in [0.717, 1.165) is 31.4 Å². The molecular weight excluding hydrogens is 324 g/mol. The van der Waals surface area contributed by atoms with Gasteiger partial charge in [0.1, 0.15) is 0 Å². The maximum absolute atomic E-state index is 13.3. The largest absolute Gasteiger partial charge is 0.330 e. The Bertz CT molecular complexity index is 871. The number of hydrogen-bond donors (Lipinski definition) is 0. The predicted molar refractivity (Wildman–Crippen MR) is 98.5 cm³/mol. The first-order valence-corrected chi connectivity index (χ1v) is 9.52. The van der Waals surface area contributed by atoms with Crippen LogP contribution in [0.4, 0.5) is 0 Å². The van der Waals surface area contributed by atoms with Crippen molar-refractivity contribution in [3.8, 4) is 6.07 Å². The number of carbonyl (C=O) groups is 1. The number of aromatic nitrogens is 2. The molecule has 1 amide bonds. The van der Waals surface area contributed by atoms with Crippen LogP contribution >= 0.6 is 0 Å². The van der Waals surface area contributed by atoms with E-state index in [1.807, 2.05) is 22.7 Å². The van der Waals surface area contributed by atoms with Crippen LogP contribution in [0.25, 0.3) is 0 Å². The summed E-state index contributed by atoms with van der Waals surface area (Å²) in [5, 5.41) is 13.9. The topological polar surface area (TPSA) is 61.9 Å². The van der Waals surface area contributed by atoms with E-state index >= 15 is 0 Å². The molecule has 0 N–H and O–H groups in total. The Morgan fingerprint density at radius 2 is 2.12 bits per heavy atom. The minimum atomic E-state index is 0.0198. The van der Waals surface area contributed by atoms with Gasteiger partial charge in [-0.2, -0.15) is 10.4 Å². The van der Waals surface area contributed by atoms with Crippen LogP contribution < -0.4 is 0 Å². The minimum Gasteiger partial charge on any atom is -0.330 e. The van der Waals surface area contributed by atoms with Gasteiger partial charge in [-0.3, -0.25) is 9.48 Å². The van der Waals surface area contributed by atoms with Crippen LogP contribution in [0, 0.1) is 11.3 Å². The highest BCUT2D eigenvalue weighted by atomic mass is 16.2. The molecule has 2 aliphatic carbocycles. The van der Waals surface area contributed by atoms with Gasteiger partial charge in [-0.25, -0.2) is 0 Å². The average molecular weight is 348 g/mol. The minimum absolute atomic E-state index is 0.0198. The Morgan fingerprint density at radius 1 is 1.31 bits per heavy atom. The van der Waals surface area contributed by atoms with E-state index in [1.165, 1.54) is 30.5 Å². The van der Waals surface area contributed by atoms with Gasteiger partial charge in [0.2, 0.25) is 0 Å². The molecule has 1 saturated carbocycles. The van der Waals surface area contributed by atoms with Gasteiger partial charge in [-0.05, 0) is 55.9 Å². The number of aryl methyl sites for hydroxylation is 1. The number of rotatable bonds is 4. The van der Waals surface area contributed by atoms with E-state index in [-0.39, 0.29) is 11.9 Å². The lowest BCUT2D eigenvalue weighted by molar-refractivity contribution is 0.0661. The molecule has 26 heavy (non-hydrogen) atoms. The number of amides is 1. The van der Waals surface area contributed by atoms with E-state index in [2.05, 4.69) is 6.07 Å². The van der Waals surface area contributed by atoms with Crippen LogP contribution in [-0.2, 0) is 26.4 Å². The van der Waals surface area contributed by atoms with Crippen molar-refractivity contribution in [2.75, 3.05) is 0 Å². The summed E-state index contributed by atoms with van der Waals surface area (Å²) in [5.74, 6) is 0.0198. The first-order valence-electron chi connectivity index (χ1n) is 9.52. The van der Waals surface area contributed by atoms with Gasteiger partial charge >= 0.3 is 0 Å². The van der Waals surface area contributed by atoms with Crippen LogP contribution in [0.5, 0.6) is 0 Å². The lowest BCUT2D eigenvalue weighted by atomic mass is 10.1. The Balaban J connectivity index is 1.65. The molecule has 0 spiro atoms. The van der Waals surface area contributed by atoms with Crippen molar-refractivity contribution in [1.29, 1.82) is 5.26 Å². The van der Waals surface area contributed by atoms with Crippen molar-refractivity contribution in [1.82, 2.24) is 14.7 Å². The highest BCUT2D eigenvalue weighted by molar-refractivity contribution is 5.94. The summed E-state index contributed by atoms with van der Waals surface area (Å²) in [7, 11) is 2.01. The second kappa shape index (κ2) is 6.95. The highest BCUT2D eigenvalue weighted by Gasteiger charge is 2.30. The normalized spacial score (nSPS) is 16.5.